The second-order valence-electron chi connectivity index (χ2n) is 6.95. The Balaban J connectivity index is 1.39. The Bertz CT molecular complexity index is 1130. The molecule has 0 atom stereocenters. The number of ether oxygens (including phenoxy) is 1. The van der Waals surface area contributed by atoms with E-state index in [9.17, 15) is 8.42 Å². The number of nitrogens with zero attached hydrogens (tertiary/aromatic N) is 4. The van der Waals surface area contributed by atoms with Gasteiger partial charge in [-0.2, -0.15) is 4.98 Å². The topological polar surface area (TPSA) is 109 Å². The minimum absolute atomic E-state index is 0.169. The van der Waals surface area contributed by atoms with Crippen LogP contribution in [0.5, 0.6) is 0 Å². The molecule has 0 bridgehead atoms. The zero-order chi connectivity index (χ0) is 21.0. The maximum Gasteiger partial charge on any atom is 0.242 e. The standard InChI is InChI=1S/C20H24N6O3S/c1-15-14-18(26-10-12-29-13-11-26)25-20(24-15)22-8-9-23-30(27,28)17-6-2-4-16-5-3-7-21-19(16)17/h2-7,14,23H,8-13H2,1H3,(H,22,24,25). The first kappa shape index (κ1) is 20.5. The highest BCUT2D eigenvalue weighted by atomic mass is 32.2. The van der Waals surface area contributed by atoms with E-state index in [4.69, 9.17) is 4.74 Å². The molecule has 30 heavy (non-hydrogen) atoms. The van der Waals surface area contributed by atoms with Crippen molar-refractivity contribution < 1.29 is 13.2 Å². The van der Waals surface area contributed by atoms with E-state index < -0.39 is 10.0 Å². The Morgan fingerprint density at radius 3 is 2.73 bits per heavy atom. The van der Waals surface area contributed by atoms with Gasteiger partial charge in [0.15, 0.2) is 0 Å². The van der Waals surface area contributed by atoms with E-state index in [0.29, 0.717) is 31.2 Å². The largest absolute Gasteiger partial charge is 0.378 e. The van der Waals surface area contributed by atoms with Gasteiger partial charge in [0.2, 0.25) is 16.0 Å². The molecule has 0 aliphatic carbocycles. The average molecular weight is 429 g/mol. The summed E-state index contributed by atoms with van der Waals surface area (Å²) >= 11 is 0. The molecule has 1 saturated heterocycles. The number of hydrogen-bond donors (Lipinski definition) is 2. The van der Waals surface area contributed by atoms with Gasteiger partial charge >= 0.3 is 0 Å². The molecule has 1 aliphatic heterocycles. The van der Waals surface area contributed by atoms with E-state index in [0.717, 1.165) is 30.0 Å². The number of morpholine rings is 1. The Kier molecular flexibility index (Phi) is 6.07. The van der Waals surface area contributed by atoms with Crippen molar-refractivity contribution in [3.63, 3.8) is 0 Å². The maximum absolute atomic E-state index is 12.7. The molecule has 4 rings (SSSR count). The molecule has 1 aromatic carbocycles. The van der Waals surface area contributed by atoms with Crippen LogP contribution in [0.15, 0.2) is 47.5 Å². The molecule has 2 aromatic heterocycles. The van der Waals surface area contributed by atoms with Crippen LogP contribution < -0.4 is 14.9 Å². The number of nitrogens with one attached hydrogen (secondary N) is 2. The molecule has 1 fully saturated rings. The van der Waals surface area contributed by atoms with Crippen LogP contribution in [0.4, 0.5) is 11.8 Å². The maximum atomic E-state index is 12.7. The molecule has 0 unspecified atom stereocenters. The summed E-state index contributed by atoms with van der Waals surface area (Å²) in [6.45, 7) is 5.38. The van der Waals surface area contributed by atoms with Crippen LogP contribution in [0.3, 0.4) is 0 Å². The molecule has 158 valence electrons. The molecule has 1 aliphatic rings. The van der Waals surface area contributed by atoms with Gasteiger partial charge in [-0.05, 0) is 19.1 Å². The quantitative estimate of drug-likeness (QED) is 0.546. The highest BCUT2D eigenvalue weighted by Crippen LogP contribution is 2.20. The van der Waals surface area contributed by atoms with Crippen molar-refractivity contribution >= 4 is 32.7 Å². The molecule has 3 heterocycles. The van der Waals surface area contributed by atoms with Crippen molar-refractivity contribution in [3.05, 3.63) is 48.3 Å². The summed E-state index contributed by atoms with van der Waals surface area (Å²) in [5.74, 6) is 1.32. The van der Waals surface area contributed by atoms with Crippen molar-refractivity contribution in [2.75, 3.05) is 49.6 Å². The summed E-state index contributed by atoms with van der Waals surface area (Å²) in [4.78, 5) is 15.5. The number of pyridine rings is 1. The molecule has 0 saturated carbocycles. The monoisotopic (exact) mass is 428 g/mol. The minimum atomic E-state index is -3.69. The van der Waals surface area contributed by atoms with E-state index in [2.05, 4.69) is 29.9 Å². The Morgan fingerprint density at radius 1 is 1.10 bits per heavy atom. The Hall–Kier alpha value is -2.82. The van der Waals surface area contributed by atoms with Crippen molar-refractivity contribution in [1.82, 2.24) is 19.7 Å². The van der Waals surface area contributed by atoms with Crippen LogP contribution in [-0.2, 0) is 14.8 Å². The smallest absolute Gasteiger partial charge is 0.242 e. The first-order chi connectivity index (χ1) is 14.5. The molecular formula is C20H24N6O3S. The van der Waals surface area contributed by atoms with Crippen molar-refractivity contribution in [3.8, 4) is 0 Å². The summed E-state index contributed by atoms with van der Waals surface area (Å²) in [6, 6.07) is 10.7. The minimum Gasteiger partial charge on any atom is -0.378 e. The number of aromatic nitrogens is 3. The number of para-hydroxylation sites is 1. The van der Waals surface area contributed by atoms with Gasteiger partial charge in [-0.15, -0.1) is 0 Å². The Morgan fingerprint density at radius 2 is 1.90 bits per heavy atom. The molecule has 3 aromatic rings. The lowest BCUT2D eigenvalue weighted by molar-refractivity contribution is 0.122. The second-order valence-corrected chi connectivity index (χ2v) is 8.68. The van der Waals surface area contributed by atoms with E-state index in [-0.39, 0.29) is 11.4 Å². The van der Waals surface area contributed by atoms with E-state index in [1.165, 1.54) is 0 Å². The van der Waals surface area contributed by atoms with E-state index >= 15 is 0 Å². The predicted octanol–water partition coefficient (Wildman–Crippen LogP) is 1.56. The third-order valence-corrected chi connectivity index (χ3v) is 6.25. The molecule has 9 nitrogen and oxygen atoms in total. The fourth-order valence-electron chi connectivity index (χ4n) is 3.32. The third kappa shape index (κ3) is 4.66. The number of fused-ring (bicyclic) bond motifs is 1. The Labute approximate surface area is 175 Å². The van der Waals surface area contributed by atoms with Crippen LogP contribution in [0.25, 0.3) is 10.9 Å². The molecule has 0 spiro atoms. The van der Waals surface area contributed by atoms with E-state index in [1.807, 2.05) is 25.1 Å². The highest BCUT2D eigenvalue weighted by molar-refractivity contribution is 7.89. The van der Waals surface area contributed by atoms with Crippen LogP contribution in [0.2, 0.25) is 0 Å². The lowest BCUT2D eigenvalue weighted by atomic mass is 10.2. The fraction of sp³-hybridized carbons (Fsp3) is 0.350. The fourth-order valence-corrected chi connectivity index (χ4v) is 4.53. The number of sulfonamides is 1. The summed E-state index contributed by atoms with van der Waals surface area (Å²) in [5, 5.41) is 3.88. The van der Waals surface area contributed by atoms with Gasteiger partial charge in [0.25, 0.3) is 0 Å². The summed E-state index contributed by atoms with van der Waals surface area (Å²) in [7, 11) is -3.69. The van der Waals surface area contributed by atoms with Gasteiger partial charge < -0.3 is 15.0 Å². The summed E-state index contributed by atoms with van der Waals surface area (Å²) < 4.78 is 33.5. The molecule has 0 amide bonds. The number of anilines is 2. The number of hydrogen-bond acceptors (Lipinski definition) is 8. The lowest BCUT2D eigenvalue weighted by Crippen LogP contribution is -2.37. The van der Waals surface area contributed by atoms with Gasteiger partial charge in [-0.3, -0.25) is 4.98 Å². The SMILES string of the molecule is Cc1cc(N2CCOCC2)nc(NCCNS(=O)(=O)c2cccc3cccnc23)n1. The highest BCUT2D eigenvalue weighted by Gasteiger charge is 2.18. The van der Waals surface area contributed by atoms with Gasteiger partial charge in [0, 0.05) is 49.5 Å². The predicted molar refractivity (Wildman–Crippen MR) is 115 cm³/mol. The van der Waals surface area contributed by atoms with Crippen molar-refractivity contribution in [2.24, 2.45) is 0 Å². The summed E-state index contributed by atoms with van der Waals surface area (Å²) in [6.07, 6.45) is 1.59. The number of benzene rings is 1. The average Bonchev–Trinajstić information content (AvgIpc) is 2.76. The van der Waals surface area contributed by atoms with Gasteiger partial charge in [0.1, 0.15) is 10.7 Å². The normalized spacial score (nSPS) is 14.8. The second kappa shape index (κ2) is 8.90. The van der Waals surface area contributed by atoms with Gasteiger partial charge in [-0.25, -0.2) is 18.1 Å². The first-order valence-electron chi connectivity index (χ1n) is 9.79. The van der Waals surface area contributed by atoms with Gasteiger partial charge in [-0.1, -0.05) is 18.2 Å². The number of aryl methyl sites for hydroxylation is 1. The van der Waals surface area contributed by atoms with Crippen LogP contribution in [0.1, 0.15) is 5.69 Å². The number of rotatable bonds is 7. The zero-order valence-corrected chi connectivity index (χ0v) is 17.5. The molecule has 10 heteroatoms. The van der Waals surface area contributed by atoms with Gasteiger partial charge in [0.05, 0.1) is 18.7 Å². The van der Waals surface area contributed by atoms with Crippen LogP contribution in [0, 0.1) is 6.92 Å². The first-order valence-corrected chi connectivity index (χ1v) is 11.3. The van der Waals surface area contributed by atoms with Crippen LogP contribution in [-0.4, -0.2) is 62.8 Å². The van der Waals surface area contributed by atoms with Crippen LogP contribution >= 0.6 is 0 Å². The van der Waals surface area contributed by atoms with E-state index in [1.54, 1.807) is 24.4 Å². The third-order valence-electron chi connectivity index (χ3n) is 4.76. The lowest BCUT2D eigenvalue weighted by Gasteiger charge is -2.28. The van der Waals surface area contributed by atoms with Crippen molar-refractivity contribution in [2.45, 2.75) is 11.8 Å². The van der Waals surface area contributed by atoms with Crippen molar-refractivity contribution in [1.29, 1.82) is 0 Å². The molecule has 2 N–H and O–H groups in total. The molecular weight excluding hydrogens is 404 g/mol. The molecule has 0 radical (unpaired) electrons. The zero-order valence-electron chi connectivity index (χ0n) is 16.7. The summed E-state index contributed by atoms with van der Waals surface area (Å²) in [5.41, 5.74) is 1.30.